The fourth-order valence-corrected chi connectivity index (χ4v) is 2.59. The molecule has 1 aromatic carbocycles. The number of aromatic hydroxyl groups is 1. The van der Waals surface area contributed by atoms with E-state index in [1.807, 2.05) is 17.5 Å². The molecule has 0 atom stereocenters. The van der Waals surface area contributed by atoms with E-state index in [-0.39, 0.29) is 17.2 Å². The van der Waals surface area contributed by atoms with Gasteiger partial charge in [0, 0.05) is 23.5 Å². The van der Waals surface area contributed by atoms with Crippen LogP contribution in [-0.2, 0) is 6.42 Å². The van der Waals surface area contributed by atoms with Gasteiger partial charge in [0.15, 0.2) is 0 Å². The van der Waals surface area contributed by atoms with Crippen LogP contribution in [0.2, 0.25) is 5.02 Å². The summed E-state index contributed by atoms with van der Waals surface area (Å²) in [5.74, 6) is -0.286. The first-order valence-electron chi connectivity index (χ1n) is 5.84. The van der Waals surface area contributed by atoms with Crippen LogP contribution in [0.4, 0.5) is 0 Å². The molecule has 0 fully saturated rings. The molecular weight excluding hydrogens is 282 g/mol. The van der Waals surface area contributed by atoms with E-state index in [1.54, 1.807) is 35.4 Å². The third-order valence-electron chi connectivity index (χ3n) is 2.81. The second-order valence-corrected chi connectivity index (χ2v) is 5.69. The van der Waals surface area contributed by atoms with Crippen molar-refractivity contribution >= 4 is 28.8 Å². The molecule has 0 aliphatic heterocycles. The van der Waals surface area contributed by atoms with Gasteiger partial charge in [0.25, 0.3) is 5.91 Å². The van der Waals surface area contributed by atoms with Gasteiger partial charge in [-0.3, -0.25) is 4.79 Å². The van der Waals surface area contributed by atoms with Crippen LogP contribution in [0, 0.1) is 0 Å². The number of likely N-dealkylation sites (N-methyl/N-ethyl adjacent to an activating group) is 1. The molecule has 19 heavy (non-hydrogen) atoms. The van der Waals surface area contributed by atoms with E-state index in [2.05, 4.69) is 0 Å². The zero-order valence-corrected chi connectivity index (χ0v) is 12.0. The van der Waals surface area contributed by atoms with Crippen LogP contribution in [0.1, 0.15) is 15.2 Å². The highest BCUT2D eigenvalue weighted by atomic mass is 35.5. The van der Waals surface area contributed by atoms with E-state index in [0.717, 1.165) is 6.42 Å². The number of amides is 1. The summed E-state index contributed by atoms with van der Waals surface area (Å²) in [5, 5.41) is 12.2. The fourth-order valence-electron chi connectivity index (χ4n) is 1.73. The molecule has 1 aromatic heterocycles. The van der Waals surface area contributed by atoms with Crippen molar-refractivity contribution in [3.05, 3.63) is 51.2 Å². The number of carbonyl (C=O) groups is 1. The first-order valence-corrected chi connectivity index (χ1v) is 7.10. The minimum atomic E-state index is -0.203. The summed E-state index contributed by atoms with van der Waals surface area (Å²) in [4.78, 5) is 15.0. The van der Waals surface area contributed by atoms with Crippen LogP contribution in [-0.4, -0.2) is 29.5 Å². The molecule has 0 aliphatic rings. The molecule has 1 N–H and O–H groups in total. The van der Waals surface area contributed by atoms with E-state index in [1.165, 1.54) is 10.9 Å². The van der Waals surface area contributed by atoms with E-state index in [9.17, 15) is 9.90 Å². The van der Waals surface area contributed by atoms with Crippen LogP contribution in [0.5, 0.6) is 5.75 Å². The predicted molar refractivity (Wildman–Crippen MR) is 78.1 cm³/mol. The monoisotopic (exact) mass is 295 g/mol. The summed E-state index contributed by atoms with van der Waals surface area (Å²) in [6.45, 7) is 0.613. The average Bonchev–Trinajstić information content (AvgIpc) is 2.88. The molecule has 2 aromatic rings. The maximum atomic E-state index is 12.2. The molecular formula is C14H14ClNO2S. The van der Waals surface area contributed by atoms with Crippen LogP contribution >= 0.6 is 22.9 Å². The second-order valence-electron chi connectivity index (χ2n) is 4.22. The summed E-state index contributed by atoms with van der Waals surface area (Å²) in [5.41, 5.74) is 0.276. The number of nitrogens with zero attached hydrogens (tertiary/aromatic N) is 1. The van der Waals surface area contributed by atoms with Crippen LogP contribution in [0.3, 0.4) is 0 Å². The molecule has 0 spiro atoms. The van der Waals surface area contributed by atoms with Gasteiger partial charge in [-0.1, -0.05) is 17.7 Å². The number of phenolic OH excluding ortho intramolecular Hbond substituents is 1. The third kappa shape index (κ3) is 3.49. The second kappa shape index (κ2) is 6.08. The highest BCUT2D eigenvalue weighted by molar-refractivity contribution is 7.09. The molecule has 0 unspecified atom stereocenters. The van der Waals surface area contributed by atoms with Crippen LogP contribution in [0.15, 0.2) is 35.7 Å². The van der Waals surface area contributed by atoms with Crippen LogP contribution < -0.4 is 0 Å². The molecule has 2 rings (SSSR count). The van der Waals surface area contributed by atoms with Gasteiger partial charge >= 0.3 is 0 Å². The van der Waals surface area contributed by atoms with Gasteiger partial charge in [-0.05, 0) is 36.1 Å². The fraction of sp³-hybridized carbons (Fsp3) is 0.214. The summed E-state index contributed by atoms with van der Waals surface area (Å²) in [6.07, 6.45) is 0.814. The molecule has 0 saturated carbocycles. The summed E-state index contributed by atoms with van der Waals surface area (Å²) < 4.78 is 0. The van der Waals surface area contributed by atoms with Crippen molar-refractivity contribution in [2.24, 2.45) is 0 Å². The van der Waals surface area contributed by atoms with E-state index < -0.39 is 0 Å². The molecule has 1 heterocycles. The lowest BCUT2D eigenvalue weighted by Crippen LogP contribution is -2.28. The minimum Gasteiger partial charge on any atom is -0.507 e. The average molecular weight is 296 g/mol. The van der Waals surface area contributed by atoms with Crippen LogP contribution in [0.25, 0.3) is 0 Å². The number of hydrogen-bond acceptors (Lipinski definition) is 3. The van der Waals surface area contributed by atoms with Gasteiger partial charge < -0.3 is 10.0 Å². The summed E-state index contributed by atoms with van der Waals surface area (Å²) in [6, 6.07) is 8.56. The molecule has 5 heteroatoms. The number of rotatable bonds is 4. The quantitative estimate of drug-likeness (QED) is 0.939. The molecule has 0 bridgehead atoms. The van der Waals surface area contributed by atoms with Crippen molar-refractivity contribution < 1.29 is 9.90 Å². The normalized spacial score (nSPS) is 10.4. The Labute approximate surface area is 121 Å². The predicted octanol–water partition coefficient (Wildman–Crippen LogP) is 3.42. The van der Waals surface area contributed by atoms with Crippen molar-refractivity contribution in [1.82, 2.24) is 4.90 Å². The zero-order chi connectivity index (χ0) is 13.8. The SMILES string of the molecule is CN(CCc1cccs1)C(=O)c1ccc(Cl)cc1O. The largest absolute Gasteiger partial charge is 0.507 e. The highest BCUT2D eigenvalue weighted by Gasteiger charge is 2.15. The Kier molecular flexibility index (Phi) is 4.45. The maximum absolute atomic E-state index is 12.2. The molecule has 1 amide bonds. The number of hydrogen-bond donors (Lipinski definition) is 1. The number of carbonyl (C=O) groups excluding carboxylic acids is 1. The first-order chi connectivity index (χ1) is 9.08. The zero-order valence-electron chi connectivity index (χ0n) is 10.5. The van der Waals surface area contributed by atoms with Crippen molar-refractivity contribution in [3.8, 4) is 5.75 Å². The number of benzene rings is 1. The molecule has 3 nitrogen and oxygen atoms in total. The number of thiophene rings is 1. The standard InChI is InChI=1S/C14H14ClNO2S/c1-16(7-6-11-3-2-8-19-11)14(18)12-5-4-10(15)9-13(12)17/h2-5,8-9,17H,6-7H2,1H3. The Bertz CT molecular complexity index is 569. The number of halogens is 1. The van der Waals surface area contributed by atoms with Gasteiger partial charge in [-0.15, -0.1) is 11.3 Å². The van der Waals surface area contributed by atoms with Crippen molar-refractivity contribution in [3.63, 3.8) is 0 Å². The van der Waals surface area contributed by atoms with E-state index >= 15 is 0 Å². The maximum Gasteiger partial charge on any atom is 0.257 e. The van der Waals surface area contributed by atoms with Gasteiger partial charge in [-0.2, -0.15) is 0 Å². The summed E-state index contributed by atoms with van der Waals surface area (Å²) >= 11 is 7.42. The molecule has 100 valence electrons. The van der Waals surface area contributed by atoms with Crippen molar-refractivity contribution in [2.75, 3.05) is 13.6 Å². The Morgan fingerprint density at radius 3 is 2.84 bits per heavy atom. The van der Waals surface area contributed by atoms with Gasteiger partial charge in [-0.25, -0.2) is 0 Å². The Morgan fingerprint density at radius 2 is 2.21 bits per heavy atom. The Balaban J connectivity index is 2.02. The third-order valence-corrected chi connectivity index (χ3v) is 3.98. The molecule has 0 saturated heterocycles. The van der Waals surface area contributed by atoms with E-state index in [0.29, 0.717) is 11.6 Å². The lowest BCUT2D eigenvalue weighted by atomic mass is 10.1. The Morgan fingerprint density at radius 1 is 1.42 bits per heavy atom. The Hall–Kier alpha value is -1.52. The van der Waals surface area contributed by atoms with Gasteiger partial charge in [0.05, 0.1) is 5.56 Å². The lowest BCUT2D eigenvalue weighted by molar-refractivity contribution is 0.0794. The lowest BCUT2D eigenvalue weighted by Gasteiger charge is -2.17. The van der Waals surface area contributed by atoms with Gasteiger partial charge in [0.1, 0.15) is 5.75 Å². The smallest absolute Gasteiger partial charge is 0.257 e. The first kappa shape index (κ1) is 13.9. The minimum absolute atomic E-state index is 0.0829. The molecule has 0 radical (unpaired) electrons. The van der Waals surface area contributed by atoms with Crippen molar-refractivity contribution in [1.29, 1.82) is 0 Å². The topological polar surface area (TPSA) is 40.5 Å². The highest BCUT2D eigenvalue weighted by Crippen LogP contribution is 2.23. The number of phenols is 1. The van der Waals surface area contributed by atoms with Crippen molar-refractivity contribution in [2.45, 2.75) is 6.42 Å². The van der Waals surface area contributed by atoms with Gasteiger partial charge in [0.2, 0.25) is 0 Å². The molecule has 0 aliphatic carbocycles. The van der Waals surface area contributed by atoms with E-state index in [4.69, 9.17) is 11.6 Å². The summed E-state index contributed by atoms with van der Waals surface area (Å²) in [7, 11) is 1.73.